The van der Waals surface area contributed by atoms with Crippen molar-refractivity contribution in [3.63, 3.8) is 0 Å². The van der Waals surface area contributed by atoms with Crippen molar-refractivity contribution in [3.8, 4) is 0 Å². The molecule has 2 aromatic carbocycles. The van der Waals surface area contributed by atoms with E-state index in [4.69, 9.17) is 16.6 Å². The zero-order valence-electron chi connectivity index (χ0n) is 13.9. The van der Waals surface area contributed by atoms with Crippen LogP contribution in [0.4, 0.5) is 0 Å². The number of hydrogen-bond acceptors (Lipinski definition) is 2. The third-order valence-electron chi connectivity index (χ3n) is 4.40. The third-order valence-corrected chi connectivity index (χ3v) is 4.64. The molecule has 0 N–H and O–H groups in total. The summed E-state index contributed by atoms with van der Waals surface area (Å²) in [6.45, 7) is 7.11. The predicted octanol–water partition coefficient (Wildman–Crippen LogP) is 4.56. The summed E-state index contributed by atoms with van der Waals surface area (Å²) in [5, 5.41) is 0.731. The Kier molecular flexibility index (Phi) is 4.69. The molecule has 0 atom stereocenters. The summed E-state index contributed by atoms with van der Waals surface area (Å²) in [5.74, 6) is 1.07. The molecule has 0 aliphatic carbocycles. The van der Waals surface area contributed by atoms with Gasteiger partial charge in [-0.1, -0.05) is 42.8 Å². The highest BCUT2D eigenvalue weighted by molar-refractivity contribution is 6.31. The van der Waals surface area contributed by atoms with E-state index in [0.29, 0.717) is 0 Å². The lowest BCUT2D eigenvalue weighted by atomic mass is 10.1. The summed E-state index contributed by atoms with van der Waals surface area (Å²) in [6.07, 6.45) is 0. The molecule has 0 bridgehead atoms. The predicted molar refractivity (Wildman–Crippen MR) is 96.7 cm³/mol. The lowest BCUT2D eigenvalue weighted by molar-refractivity contribution is 0.261. The number of hydrogen-bond donors (Lipinski definition) is 0. The van der Waals surface area contributed by atoms with Crippen molar-refractivity contribution >= 4 is 22.6 Å². The number of fused-ring (bicyclic) bond motifs is 1. The minimum Gasteiger partial charge on any atom is -0.330 e. The summed E-state index contributed by atoms with van der Waals surface area (Å²) >= 11 is 6.08. The number of rotatable bonds is 5. The molecule has 0 spiro atoms. The second kappa shape index (κ2) is 6.73. The Morgan fingerprint density at radius 2 is 1.91 bits per heavy atom. The van der Waals surface area contributed by atoms with Crippen LogP contribution >= 0.6 is 11.6 Å². The standard InChI is InChI=1S/C19H22ClN3/c1-4-23(12-15-8-6-5-7-14(15)2)13-19-21-17-11-16(20)9-10-18(17)22(19)3/h5-11H,4,12-13H2,1-3H3. The summed E-state index contributed by atoms with van der Waals surface area (Å²) in [5.41, 5.74) is 4.79. The number of halogens is 1. The first-order valence-corrected chi connectivity index (χ1v) is 8.34. The number of benzene rings is 2. The maximum absolute atomic E-state index is 6.08. The van der Waals surface area contributed by atoms with Crippen LogP contribution in [0.5, 0.6) is 0 Å². The van der Waals surface area contributed by atoms with Gasteiger partial charge in [0.1, 0.15) is 5.82 Å². The first-order valence-electron chi connectivity index (χ1n) is 7.96. The first kappa shape index (κ1) is 16.0. The second-order valence-corrected chi connectivity index (χ2v) is 6.39. The molecule has 0 unspecified atom stereocenters. The smallest absolute Gasteiger partial charge is 0.123 e. The number of imidazole rings is 1. The molecule has 4 heteroatoms. The van der Waals surface area contributed by atoms with E-state index in [-0.39, 0.29) is 0 Å². The van der Waals surface area contributed by atoms with Crippen molar-refractivity contribution in [2.24, 2.45) is 7.05 Å². The molecule has 0 radical (unpaired) electrons. The highest BCUT2D eigenvalue weighted by Gasteiger charge is 2.13. The highest BCUT2D eigenvalue weighted by Crippen LogP contribution is 2.21. The summed E-state index contributed by atoms with van der Waals surface area (Å²) in [4.78, 5) is 7.17. The number of aromatic nitrogens is 2. The average molecular weight is 328 g/mol. The van der Waals surface area contributed by atoms with Crippen LogP contribution < -0.4 is 0 Å². The van der Waals surface area contributed by atoms with Gasteiger partial charge in [-0.2, -0.15) is 0 Å². The normalized spacial score (nSPS) is 11.5. The van der Waals surface area contributed by atoms with E-state index in [1.807, 2.05) is 18.2 Å². The van der Waals surface area contributed by atoms with E-state index in [0.717, 1.165) is 41.5 Å². The SMILES string of the molecule is CCN(Cc1ccccc1C)Cc1nc2cc(Cl)ccc2n1C. The Morgan fingerprint density at radius 3 is 2.65 bits per heavy atom. The zero-order chi connectivity index (χ0) is 16.4. The van der Waals surface area contributed by atoms with Gasteiger partial charge >= 0.3 is 0 Å². The van der Waals surface area contributed by atoms with Crippen LogP contribution in [0.25, 0.3) is 11.0 Å². The van der Waals surface area contributed by atoms with Crippen LogP contribution in [0, 0.1) is 6.92 Å². The van der Waals surface area contributed by atoms with Gasteiger partial charge in [0.25, 0.3) is 0 Å². The fourth-order valence-electron chi connectivity index (χ4n) is 2.87. The van der Waals surface area contributed by atoms with Crippen LogP contribution in [0.3, 0.4) is 0 Å². The molecule has 0 saturated heterocycles. The van der Waals surface area contributed by atoms with Gasteiger partial charge < -0.3 is 4.57 Å². The zero-order valence-corrected chi connectivity index (χ0v) is 14.6. The van der Waals surface area contributed by atoms with Gasteiger partial charge in [0.2, 0.25) is 0 Å². The average Bonchev–Trinajstić information content (AvgIpc) is 2.84. The van der Waals surface area contributed by atoms with E-state index in [9.17, 15) is 0 Å². The molecule has 1 heterocycles. The van der Waals surface area contributed by atoms with Crippen LogP contribution in [0.1, 0.15) is 23.9 Å². The van der Waals surface area contributed by atoms with Crippen molar-refractivity contribution in [3.05, 3.63) is 64.4 Å². The van der Waals surface area contributed by atoms with Gasteiger partial charge in [-0.05, 0) is 42.8 Å². The second-order valence-electron chi connectivity index (χ2n) is 5.95. The van der Waals surface area contributed by atoms with Gasteiger partial charge in [-0.3, -0.25) is 4.90 Å². The Morgan fingerprint density at radius 1 is 1.13 bits per heavy atom. The maximum atomic E-state index is 6.08. The minimum atomic E-state index is 0.731. The quantitative estimate of drug-likeness (QED) is 0.685. The van der Waals surface area contributed by atoms with Crippen LogP contribution in [-0.2, 0) is 20.1 Å². The van der Waals surface area contributed by atoms with Crippen molar-refractivity contribution in [1.82, 2.24) is 14.5 Å². The lowest BCUT2D eigenvalue weighted by Gasteiger charge is -2.21. The Balaban J connectivity index is 1.84. The number of aryl methyl sites for hydroxylation is 2. The molecule has 0 aliphatic rings. The Labute approximate surface area is 142 Å². The van der Waals surface area contributed by atoms with E-state index in [1.165, 1.54) is 11.1 Å². The van der Waals surface area contributed by atoms with Crippen molar-refractivity contribution in [1.29, 1.82) is 0 Å². The number of nitrogens with zero attached hydrogens (tertiary/aromatic N) is 3. The van der Waals surface area contributed by atoms with Gasteiger partial charge in [0, 0.05) is 18.6 Å². The van der Waals surface area contributed by atoms with Crippen molar-refractivity contribution in [2.75, 3.05) is 6.54 Å². The van der Waals surface area contributed by atoms with Crippen molar-refractivity contribution in [2.45, 2.75) is 26.9 Å². The molecule has 23 heavy (non-hydrogen) atoms. The molecule has 1 aromatic heterocycles. The minimum absolute atomic E-state index is 0.731. The molecule has 3 rings (SSSR count). The summed E-state index contributed by atoms with van der Waals surface area (Å²) in [6, 6.07) is 14.4. The van der Waals surface area contributed by atoms with Gasteiger partial charge in [0.15, 0.2) is 0 Å². The van der Waals surface area contributed by atoms with E-state index < -0.39 is 0 Å². The molecule has 0 aliphatic heterocycles. The van der Waals surface area contributed by atoms with Gasteiger partial charge in [-0.15, -0.1) is 0 Å². The fourth-order valence-corrected chi connectivity index (χ4v) is 3.04. The summed E-state index contributed by atoms with van der Waals surface area (Å²) < 4.78 is 2.16. The molecule has 3 aromatic rings. The van der Waals surface area contributed by atoms with Crippen LogP contribution in [0.15, 0.2) is 42.5 Å². The lowest BCUT2D eigenvalue weighted by Crippen LogP contribution is -2.24. The van der Waals surface area contributed by atoms with E-state index in [1.54, 1.807) is 0 Å². The topological polar surface area (TPSA) is 21.1 Å². The molecule has 3 nitrogen and oxygen atoms in total. The van der Waals surface area contributed by atoms with Gasteiger partial charge in [-0.25, -0.2) is 4.98 Å². The Bertz CT molecular complexity index is 823. The Hall–Kier alpha value is -1.84. The molecule has 0 saturated carbocycles. The van der Waals surface area contributed by atoms with Crippen molar-refractivity contribution < 1.29 is 0 Å². The first-order chi connectivity index (χ1) is 11.1. The van der Waals surface area contributed by atoms with E-state index >= 15 is 0 Å². The van der Waals surface area contributed by atoms with Crippen LogP contribution in [0.2, 0.25) is 5.02 Å². The fraction of sp³-hybridized carbons (Fsp3) is 0.316. The largest absolute Gasteiger partial charge is 0.330 e. The molecule has 0 amide bonds. The van der Waals surface area contributed by atoms with E-state index in [2.05, 4.69) is 54.6 Å². The molecular weight excluding hydrogens is 306 g/mol. The highest BCUT2D eigenvalue weighted by atomic mass is 35.5. The monoisotopic (exact) mass is 327 g/mol. The van der Waals surface area contributed by atoms with Gasteiger partial charge in [0.05, 0.1) is 17.6 Å². The molecule has 120 valence electrons. The molecule has 0 fully saturated rings. The molecular formula is C19H22ClN3. The third kappa shape index (κ3) is 3.41. The summed E-state index contributed by atoms with van der Waals surface area (Å²) in [7, 11) is 2.07. The maximum Gasteiger partial charge on any atom is 0.123 e. The van der Waals surface area contributed by atoms with Crippen LogP contribution in [-0.4, -0.2) is 21.0 Å².